The van der Waals surface area contributed by atoms with Crippen molar-refractivity contribution >= 4 is 12.1 Å². The maximum atomic E-state index is 5.87. The average Bonchev–Trinajstić information content (AvgIpc) is 2.75. The Balaban J connectivity index is 3.55. The van der Waals surface area contributed by atoms with Gasteiger partial charge in [0.25, 0.3) is 0 Å². The van der Waals surface area contributed by atoms with Crippen molar-refractivity contribution in [3.05, 3.63) is 134 Å². The van der Waals surface area contributed by atoms with Gasteiger partial charge < -0.3 is 4.74 Å². The Labute approximate surface area is 193 Å². The number of ether oxygens (including phenoxy) is 1. The Hall–Kier alpha value is -3.72. The van der Waals surface area contributed by atoms with E-state index in [0.717, 1.165) is 5.57 Å². The summed E-state index contributed by atoms with van der Waals surface area (Å²) < 4.78 is 5.87. The molecule has 3 heteroatoms. The molecule has 0 aliphatic carbocycles. The Morgan fingerprint density at radius 2 is 1.72 bits per heavy atom. The lowest BCUT2D eigenvalue weighted by Gasteiger charge is -2.13. The lowest BCUT2D eigenvalue weighted by molar-refractivity contribution is 0.348. The van der Waals surface area contributed by atoms with Crippen LogP contribution in [-0.4, -0.2) is 12.1 Å². The van der Waals surface area contributed by atoms with Crippen molar-refractivity contribution in [1.29, 1.82) is 0 Å². The van der Waals surface area contributed by atoms with E-state index in [2.05, 4.69) is 68.5 Å². The second-order valence-electron chi connectivity index (χ2n) is 7.38. The van der Waals surface area contributed by atoms with Gasteiger partial charge in [-0.2, -0.15) is 0 Å². The van der Waals surface area contributed by atoms with Crippen LogP contribution >= 0.6 is 0 Å². The standard InChI is InChI=1S/C29H34N2O/c1-10-12-22(4)15-18-28(19-21(3)11-2)29-27(9)32-25(7)17-14-23(5)13-16-24(6)26(8)30-20-31-29/h10-20,23-24H,2-4,7-9H2,1,5-6H3/b12-10-,16-13-,17-14-,18-15-,28-19+,30-20-,31-29+. The van der Waals surface area contributed by atoms with Crippen LogP contribution < -0.4 is 0 Å². The van der Waals surface area contributed by atoms with Gasteiger partial charge in [-0.1, -0.05) is 102 Å². The van der Waals surface area contributed by atoms with E-state index in [1.165, 1.54) is 6.34 Å². The molecule has 1 aliphatic heterocycles. The molecule has 0 bridgehead atoms. The van der Waals surface area contributed by atoms with Crippen LogP contribution in [0.25, 0.3) is 0 Å². The molecule has 0 aromatic heterocycles. The molecule has 0 N–H and O–H groups in total. The van der Waals surface area contributed by atoms with Crippen molar-refractivity contribution in [3.63, 3.8) is 0 Å². The number of allylic oxidation sites excluding steroid dienone is 13. The maximum absolute atomic E-state index is 5.87. The van der Waals surface area contributed by atoms with E-state index < -0.39 is 0 Å². The second kappa shape index (κ2) is 13.6. The Morgan fingerprint density at radius 1 is 1.00 bits per heavy atom. The molecule has 32 heavy (non-hydrogen) atoms. The predicted molar refractivity (Wildman–Crippen MR) is 142 cm³/mol. The van der Waals surface area contributed by atoms with Crippen LogP contribution in [0.2, 0.25) is 0 Å². The molecule has 1 aliphatic rings. The molecule has 0 aromatic carbocycles. The van der Waals surface area contributed by atoms with Gasteiger partial charge in [-0.15, -0.1) is 0 Å². The summed E-state index contributed by atoms with van der Waals surface area (Å²) in [6.07, 6.45) is 20.5. The molecule has 0 saturated carbocycles. The molecule has 166 valence electrons. The molecule has 1 heterocycles. The van der Waals surface area contributed by atoms with Gasteiger partial charge in [-0.3, -0.25) is 0 Å². The molecule has 0 saturated heterocycles. The molecule has 2 unspecified atom stereocenters. The summed E-state index contributed by atoms with van der Waals surface area (Å²) in [5.74, 6) is 1.06. The van der Waals surface area contributed by atoms with E-state index in [-0.39, 0.29) is 11.8 Å². The first-order chi connectivity index (χ1) is 15.2. The van der Waals surface area contributed by atoms with E-state index in [4.69, 9.17) is 4.74 Å². The first kappa shape index (κ1) is 26.3. The zero-order chi connectivity index (χ0) is 24.1. The normalized spacial score (nSPS) is 25.5. The van der Waals surface area contributed by atoms with Crippen molar-refractivity contribution in [1.82, 2.24) is 0 Å². The number of hydrogen-bond acceptors (Lipinski definition) is 3. The smallest absolute Gasteiger partial charge is 0.146 e. The Bertz CT molecular complexity index is 990. The van der Waals surface area contributed by atoms with Gasteiger partial charge in [0.05, 0.1) is 0 Å². The van der Waals surface area contributed by atoms with Gasteiger partial charge in [-0.05, 0) is 36.1 Å². The molecule has 1 rings (SSSR count). The van der Waals surface area contributed by atoms with E-state index >= 15 is 0 Å². The lowest BCUT2D eigenvalue weighted by Crippen LogP contribution is -2.09. The maximum Gasteiger partial charge on any atom is 0.146 e. The summed E-state index contributed by atoms with van der Waals surface area (Å²) in [5, 5.41) is 0. The van der Waals surface area contributed by atoms with Crippen molar-refractivity contribution in [2.24, 2.45) is 21.8 Å². The minimum atomic E-state index is 0.0750. The van der Waals surface area contributed by atoms with Crippen LogP contribution in [0.15, 0.2) is 144 Å². The fraction of sp³-hybridized carbons (Fsp3) is 0.172. The minimum Gasteiger partial charge on any atom is -0.456 e. The van der Waals surface area contributed by atoms with Gasteiger partial charge >= 0.3 is 0 Å². The second-order valence-corrected chi connectivity index (χ2v) is 7.38. The number of aliphatic imine (C=N–C) groups is 2. The van der Waals surface area contributed by atoms with E-state index in [9.17, 15) is 0 Å². The number of nitrogens with zero attached hydrogens (tertiary/aromatic N) is 2. The first-order valence-electron chi connectivity index (χ1n) is 10.4. The minimum absolute atomic E-state index is 0.0750. The van der Waals surface area contributed by atoms with Crippen molar-refractivity contribution in [2.45, 2.75) is 20.8 Å². The highest BCUT2D eigenvalue weighted by molar-refractivity contribution is 6.15. The summed E-state index contributed by atoms with van der Waals surface area (Å²) in [5.41, 5.74) is 3.44. The highest BCUT2D eigenvalue weighted by atomic mass is 16.5. The first-order valence-corrected chi connectivity index (χ1v) is 10.4. The largest absolute Gasteiger partial charge is 0.456 e. The van der Waals surface area contributed by atoms with Crippen molar-refractivity contribution in [2.75, 3.05) is 0 Å². The molecule has 0 aromatic rings. The van der Waals surface area contributed by atoms with Crippen LogP contribution in [0.3, 0.4) is 0 Å². The van der Waals surface area contributed by atoms with Crippen LogP contribution in [0, 0.1) is 11.8 Å². The van der Waals surface area contributed by atoms with Crippen LogP contribution in [0.5, 0.6) is 0 Å². The molecule has 0 spiro atoms. The van der Waals surface area contributed by atoms with Crippen LogP contribution in [-0.2, 0) is 4.74 Å². The third kappa shape index (κ3) is 9.40. The van der Waals surface area contributed by atoms with E-state index in [0.29, 0.717) is 34.1 Å². The van der Waals surface area contributed by atoms with Crippen LogP contribution in [0.4, 0.5) is 0 Å². The van der Waals surface area contributed by atoms with E-state index in [1.807, 2.05) is 56.4 Å². The molecule has 0 amide bonds. The summed E-state index contributed by atoms with van der Waals surface area (Å²) in [6.45, 7) is 30.0. The van der Waals surface area contributed by atoms with E-state index in [1.54, 1.807) is 6.08 Å². The highest BCUT2D eigenvalue weighted by Crippen LogP contribution is 2.19. The van der Waals surface area contributed by atoms with Gasteiger partial charge in [0, 0.05) is 17.2 Å². The molecule has 2 atom stereocenters. The van der Waals surface area contributed by atoms with Crippen molar-refractivity contribution < 1.29 is 4.74 Å². The van der Waals surface area contributed by atoms with Crippen LogP contribution in [0.1, 0.15) is 20.8 Å². The molecular weight excluding hydrogens is 392 g/mol. The zero-order valence-electron chi connectivity index (χ0n) is 19.6. The number of hydrogen-bond donors (Lipinski definition) is 0. The Morgan fingerprint density at radius 3 is 2.38 bits per heavy atom. The summed E-state index contributed by atoms with van der Waals surface area (Å²) in [7, 11) is 0. The fourth-order valence-electron chi connectivity index (χ4n) is 2.52. The topological polar surface area (TPSA) is 34.0 Å². The summed E-state index contributed by atoms with van der Waals surface area (Å²) in [4.78, 5) is 8.96. The fourth-order valence-corrected chi connectivity index (χ4v) is 2.52. The lowest BCUT2D eigenvalue weighted by atomic mass is 10.0. The van der Waals surface area contributed by atoms with Gasteiger partial charge in [0.1, 0.15) is 23.6 Å². The summed E-state index contributed by atoms with van der Waals surface area (Å²) in [6, 6.07) is 0. The quantitative estimate of drug-likeness (QED) is 0.315. The monoisotopic (exact) mass is 426 g/mol. The third-order valence-electron chi connectivity index (χ3n) is 4.48. The predicted octanol–water partition coefficient (Wildman–Crippen LogP) is 7.77. The van der Waals surface area contributed by atoms with Gasteiger partial charge in [-0.25, -0.2) is 9.98 Å². The highest BCUT2D eigenvalue weighted by Gasteiger charge is 2.12. The average molecular weight is 427 g/mol. The van der Waals surface area contributed by atoms with Crippen molar-refractivity contribution in [3.8, 4) is 0 Å². The zero-order valence-corrected chi connectivity index (χ0v) is 19.6. The SMILES string of the molecule is C=CC(=C)/C=C(\C=C/C(=C)/C=C\C)C1=N/C=N\C(=C)C(C)/C=C\C(C)/C=C\C(=C)OC\1=C. The Kier molecular flexibility index (Phi) is 11.1. The van der Waals surface area contributed by atoms with Gasteiger partial charge in [0.2, 0.25) is 0 Å². The molecule has 3 nitrogen and oxygen atoms in total. The summed E-state index contributed by atoms with van der Waals surface area (Å²) >= 11 is 0. The van der Waals surface area contributed by atoms with Gasteiger partial charge in [0.15, 0.2) is 0 Å². The number of rotatable bonds is 6. The third-order valence-corrected chi connectivity index (χ3v) is 4.48. The molecular formula is C29H34N2O. The molecule has 0 radical (unpaired) electrons. The molecule has 0 fully saturated rings.